The van der Waals surface area contributed by atoms with Crippen LogP contribution in [-0.4, -0.2) is 11.1 Å². The van der Waals surface area contributed by atoms with E-state index in [1.807, 2.05) is 18.2 Å². The van der Waals surface area contributed by atoms with Crippen molar-refractivity contribution in [3.63, 3.8) is 0 Å². The van der Waals surface area contributed by atoms with E-state index in [0.717, 1.165) is 55.5 Å². The van der Waals surface area contributed by atoms with Crippen molar-refractivity contribution in [2.45, 2.75) is 0 Å². The normalized spacial score (nSPS) is 11.4. The molecule has 0 heterocycles. The first-order chi connectivity index (χ1) is 24.2. The molecule has 2 nitrogen and oxygen atoms in total. The maximum atomic E-state index is 12.8. The molecular formula is C47H30O2. The highest BCUT2D eigenvalue weighted by Gasteiger charge is 2.23. The van der Waals surface area contributed by atoms with Crippen LogP contribution in [0.1, 0.15) is 10.4 Å². The van der Waals surface area contributed by atoms with Gasteiger partial charge in [0.1, 0.15) is 0 Å². The summed E-state index contributed by atoms with van der Waals surface area (Å²) in [7, 11) is 0. The SMILES string of the molecule is O=C(O)c1ccccc1-c1c(-c2ccccc2-c2ccccc2-c2ccccc2)cccc1-c1ccc2ccc3cccc4ccc1c2c34. The van der Waals surface area contributed by atoms with Crippen LogP contribution in [0.15, 0.2) is 176 Å². The van der Waals surface area contributed by atoms with Crippen molar-refractivity contribution in [3.8, 4) is 55.6 Å². The minimum Gasteiger partial charge on any atom is -0.478 e. The third-order valence-corrected chi connectivity index (χ3v) is 9.83. The van der Waals surface area contributed by atoms with E-state index in [1.54, 1.807) is 12.1 Å². The van der Waals surface area contributed by atoms with Gasteiger partial charge in [-0.05, 0) is 94.0 Å². The van der Waals surface area contributed by atoms with E-state index in [2.05, 4.69) is 146 Å². The molecule has 0 aliphatic carbocycles. The third-order valence-electron chi connectivity index (χ3n) is 9.83. The van der Waals surface area contributed by atoms with E-state index in [1.165, 1.54) is 26.9 Å². The second-order valence-electron chi connectivity index (χ2n) is 12.5. The lowest BCUT2D eigenvalue weighted by Crippen LogP contribution is -2.02. The fourth-order valence-electron chi connectivity index (χ4n) is 7.69. The van der Waals surface area contributed by atoms with E-state index in [0.29, 0.717) is 5.56 Å². The van der Waals surface area contributed by atoms with Gasteiger partial charge in [0.2, 0.25) is 0 Å². The van der Waals surface area contributed by atoms with Gasteiger partial charge in [0.05, 0.1) is 5.56 Å². The number of hydrogen-bond donors (Lipinski definition) is 1. The molecule has 0 atom stereocenters. The Hall–Kier alpha value is -6.51. The fourth-order valence-corrected chi connectivity index (χ4v) is 7.69. The van der Waals surface area contributed by atoms with Crippen LogP contribution in [0, 0.1) is 0 Å². The van der Waals surface area contributed by atoms with Gasteiger partial charge in [-0.3, -0.25) is 0 Å². The van der Waals surface area contributed by atoms with Crippen LogP contribution in [0.2, 0.25) is 0 Å². The Labute approximate surface area is 284 Å². The van der Waals surface area contributed by atoms with E-state index < -0.39 is 5.97 Å². The molecule has 0 spiro atoms. The average Bonchev–Trinajstić information content (AvgIpc) is 3.17. The van der Waals surface area contributed by atoms with Crippen LogP contribution in [0.4, 0.5) is 0 Å². The maximum Gasteiger partial charge on any atom is 0.336 e. The van der Waals surface area contributed by atoms with Gasteiger partial charge in [-0.1, -0.05) is 170 Å². The minimum atomic E-state index is -0.950. The Balaban J connectivity index is 1.37. The summed E-state index contributed by atoms with van der Waals surface area (Å²) in [4.78, 5) is 12.8. The molecule has 49 heavy (non-hydrogen) atoms. The fraction of sp³-hybridized carbons (Fsp3) is 0. The molecule has 0 amide bonds. The van der Waals surface area contributed by atoms with Crippen molar-refractivity contribution in [2.75, 3.05) is 0 Å². The van der Waals surface area contributed by atoms with Crippen molar-refractivity contribution in [2.24, 2.45) is 0 Å². The third kappa shape index (κ3) is 4.69. The zero-order valence-electron chi connectivity index (χ0n) is 26.6. The molecule has 2 heteroatoms. The standard InChI is InChI=1S/C47H30O2/c48-47(49)43-21-9-8-20-41(43)46-39(37-19-7-6-18-36(37)35-17-5-4-16-34(35)30-12-2-1-3-13-30)22-11-23-40(46)38-28-26-33-25-24-31-14-10-15-32-27-29-42(38)45(33)44(31)32/h1-29H,(H,48,49). The number of benzene rings is 9. The first-order valence-corrected chi connectivity index (χ1v) is 16.5. The van der Waals surface area contributed by atoms with Gasteiger partial charge in [-0.15, -0.1) is 0 Å². The lowest BCUT2D eigenvalue weighted by molar-refractivity contribution is 0.0697. The van der Waals surface area contributed by atoms with Crippen LogP contribution in [0.5, 0.6) is 0 Å². The highest BCUT2D eigenvalue weighted by molar-refractivity contribution is 6.26. The summed E-state index contributed by atoms with van der Waals surface area (Å²) in [5, 5.41) is 17.7. The molecule has 0 saturated heterocycles. The number of hydrogen-bond acceptors (Lipinski definition) is 1. The second-order valence-corrected chi connectivity index (χ2v) is 12.5. The highest BCUT2D eigenvalue weighted by Crippen LogP contribution is 2.48. The van der Waals surface area contributed by atoms with Gasteiger partial charge in [0.25, 0.3) is 0 Å². The van der Waals surface area contributed by atoms with E-state index >= 15 is 0 Å². The number of carboxylic acids is 1. The lowest BCUT2D eigenvalue weighted by Gasteiger charge is -2.22. The summed E-state index contributed by atoms with van der Waals surface area (Å²) < 4.78 is 0. The van der Waals surface area contributed by atoms with Crippen molar-refractivity contribution in [3.05, 3.63) is 181 Å². The number of carboxylic acid groups (broad SMARTS) is 1. The topological polar surface area (TPSA) is 37.3 Å². The van der Waals surface area contributed by atoms with Gasteiger partial charge < -0.3 is 5.11 Å². The van der Waals surface area contributed by atoms with Gasteiger partial charge in [0, 0.05) is 0 Å². The molecule has 0 radical (unpaired) electrons. The Kier molecular flexibility index (Phi) is 6.81. The quantitative estimate of drug-likeness (QED) is 0.186. The number of rotatable bonds is 6. The molecule has 0 aliphatic heterocycles. The van der Waals surface area contributed by atoms with Gasteiger partial charge in [-0.2, -0.15) is 0 Å². The predicted molar refractivity (Wildman–Crippen MR) is 204 cm³/mol. The van der Waals surface area contributed by atoms with Gasteiger partial charge in [-0.25, -0.2) is 4.79 Å². The molecule has 0 fully saturated rings. The summed E-state index contributed by atoms with van der Waals surface area (Å²) >= 11 is 0. The molecule has 9 aromatic carbocycles. The van der Waals surface area contributed by atoms with Gasteiger partial charge >= 0.3 is 5.97 Å². The van der Waals surface area contributed by atoms with E-state index in [4.69, 9.17) is 0 Å². The van der Waals surface area contributed by atoms with E-state index in [-0.39, 0.29) is 5.56 Å². The molecule has 0 saturated carbocycles. The highest BCUT2D eigenvalue weighted by atomic mass is 16.4. The van der Waals surface area contributed by atoms with Crippen LogP contribution in [0.25, 0.3) is 88.0 Å². The van der Waals surface area contributed by atoms with Crippen LogP contribution < -0.4 is 0 Å². The van der Waals surface area contributed by atoms with Crippen LogP contribution >= 0.6 is 0 Å². The van der Waals surface area contributed by atoms with Crippen molar-refractivity contribution >= 4 is 38.3 Å². The summed E-state index contributed by atoms with van der Waals surface area (Å²) in [5.74, 6) is -0.950. The number of carbonyl (C=O) groups is 1. The lowest BCUT2D eigenvalue weighted by atomic mass is 9.81. The Morgan fingerprint density at radius 3 is 1.51 bits per heavy atom. The zero-order valence-corrected chi connectivity index (χ0v) is 26.6. The molecule has 1 N–H and O–H groups in total. The van der Waals surface area contributed by atoms with Crippen molar-refractivity contribution in [1.29, 1.82) is 0 Å². The van der Waals surface area contributed by atoms with E-state index in [9.17, 15) is 9.90 Å². The summed E-state index contributed by atoms with van der Waals surface area (Å²) in [6.45, 7) is 0. The summed E-state index contributed by atoms with van der Waals surface area (Å²) in [6, 6.07) is 60.9. The largest absolute Gasteiger partial charge is 0.478 e. The van der Waals surface area contributed by atoms with Gasteiger partial charge in [0.15, 0.2) is 0 Å². The van der Waals surface area contributed by atoms with Crippen molar-refractivity contribution < 1.29 is 9.90 Å². The first kappa shape index (κ1) is 28.7. The molecule has 9 aromatic rings. The van der Waals surface area contributed by atoms with Crippen LogP contribution in [0.3, 0.4) is 0 Å². The Bertz CT molecular complexity index is 2670. The second kappa shape index (κ2) is 11.6. The molecule has 230 valence electrons. The van der Waals surface area contributed by atoms with Crippen LogP contribution in [-0.2, 0) is 0 Å². The molecule has 9 rings (SSSR count). The molecular weight excluding hydrogens is 597 g/mol. The molecule has 0 aliphatic rings. The summed E-state index contributed by atoms with van der Waals surface area (Å²) in [5.41, 5.74) is 10.5. The first-order valence-electron chi connectivity index (χ1n) is 16.5. The average molecular weight is 627 g/mol. The number of aromatic carboxylic acids is 1. The molecule has 0 unspecified atom stereocenters. The molecule has 0 bridgehead atoms. The minimum absolute atomic E-state index is 0.274. The smallest absolute Gasteiger partial charge is 0.336 e. The summed E-state index contributed by atoms with van der Waals surface area (Å²) in [6.07, 6.45) is 0. The maximum absolute atomic E-state index is 12.8. The predicted octanol–water partition coefficient (Wildman–Crippen LogP) is 12.6. The molecule has 0 aromatic heterocycles. The zero-order chi connectivity index (χ0) is 32.9. The monoisotopic (exact) mass is 626 g/mol. The Morgan fingerprint density at radius 2 is 0.816 bits per heavy atom. The Morgan fingerprint density at radius 1 is 0.347 bits per heavy atom. The van der Waals surface area contributed by atoms with Crippen molar-refractivity contribution in [1.82, 2.24) is 0 Å².